The maximum Gasteiger partial charge on any atom is 0.252 e. The normalized spacial score (nSPS) is 20.2. The monoisotopic (exact) mass is 431 g/mol. The van der Waals surface area contributed by atoms with E-state index < -0.39 is 6.10 Å². The Labute approximate surface area is 186 Å². The molecule has 1 N–H and O–H groups in total. The molecule has 8 heteroatoms. The van der Waals surface area contributed by atoms with Gasteiger partial charge in [-0.1, -0.05) is 5.92 Å². The summed E-state index contributed by atoms with van der Waals surface area (Å²) in [6.07, 6.45) is 3.83. The van der Waals surface area contributed by atoms with Gasteiger partial charge < -0.3 is 19.7 Å². The Hall–Kier alpha value is -3.57. The Balaban J connectivity index is 1.57. The lowest BCUT2D eigenvalue weighted by Crippen LogP contribution is -2.41. The van der Waals surface area contributed by atoms with E-state index in [0.717, 1.165) is 22.4 Å². The quantitative estimate of drug-likeness (QED) is 0.629. The molecule has 2 atom stereocenters. The summed E-state index contributed by atoms with van der Waals surface area (Å²) in [6, 6.07) is 7.84. The van der Waals surface area contributed by atoms with Gasteiger partial charge in [0.15, 0.2) is 5.65 Å². The highest BCUT2D eigenvalue weighted by Gasteiger charge is 2.40. The molecule has 1 aromatic carbocycles. The molecule has 5 rings (SSSR count). The topological polar surface area (TPSA) is 81.0 Å². The van der Waals surface area contributed by atoms with Crippen LogP contribution in [-0.2, 0) is 9.53 Å². The van der Waals surface area contributed by atoms with Crippen molar-refractivity contribution >= 4 is 17.2 Å². The van der Waals surface area contributed by atoms with Gasteiger partial charge >= 0.3 is 0 Å². The van der Waals surface area contributed by atoms with Crippen LogP contribution in [0, 0.1) is 11.8 Å². The maximum absolute atomic E-state index is 12.9. The molecule has 8 nitrogen and oxygen atoms in total. The highest BCUT2D eigenvalue weighted by atomic mass is 16.5. The van der Waals surface area contributed by atoms with Crippen LogP contribution in [0.15, 0.2) is 36.7 Å². The summed E-state index contributed by atoms with van der Waals surface area (Å²) in [5.41, 5.74) is 4.42. The van der Waals surface area contributed by atoms with Crippen molar-refractivity contribution in [1.82, 2.24) is 19.5 Å². The molecule has 1 fully saturated rings. The Bertz CT molecular complexity index is 1230. The zero-order valence-corrected chi connectivity index (χ0v) is 18.2. The highest BCUT2D eigenvalue weighted by Crippen LogP contribution is 2.29. The lowest BCUT2D eigenvalue weighted by Gasteiger charge is -2.25. The molecule has 3 aromatic rings. The summed E-state index contributed by atoms with van der Waals surface area (Å²) < 4.78 is 13.5. The van der Waals surface area contributed by atoms with Gasteiger partial charge in [-0.05, 0) is 37.6 Å². The van der Waals surface area contributed by atoms with E-state index in [0.29, 0.717) is 44.3 Å². The Morgan fingerprint density at radius 2 is 2.25 bits per heavy atom. The minimum atomic E-state index is -0.420. The van der Waals surface area contributed by atoms with Crippen LogP contribution in [0.1, 0.15) is 25.8 Å². The number of amides is 1. The molecule has 1 amide bonds. The van der Waals surface area contributed by atoms with Gasteiger partial charge in [-0.25, -0.2) is 4.52 Å². The largest absolute Gasteiger partial charge is 0.475 e. The first kappa shape index (κ1) is 20.3. The van der Waals surface area contributed by atoms with Crippen molar-refractivity contribution in [2.45, 2.75) is 32.4 Å². The van der Waals surface area contributed by atoms with Crippen molar-refractivity contribution in [2.24, 2.45) is 0 Å². The fourth-order valence-corrected chi connectivity index (χ4v) is 4.37. The van der Waals surface area contributed by atoms with Gasteiger partial charge in [0.1, 0.15) is 12.7 Å². The first-order valence-electron chi connectivity index (χ1n) is 10.9. The van der Waals surface area contributed by atoms with Gasteiger partial charge in [-0.2, -0.15) is 10.1 Å². The number of carbonyl (C=O) groups is 1. The molecule has 32 heavy (non-hydrogen) atoms. The van der Waals surface area contributed by atoms with Gasteiger partial charge in [-0.3, -0.25) is 4.79 Å². The number of nitrogens with one attached hydrogen (secondary N) is 1. The van der Waals surface area contributed by atoms with E-state index in [2.05, 4.69) is 28.3 Å². The van der Waals surface area contributed by atoms with Crippen molar-refractivity contribution in [3.63, 3.8) is 0 Å². The number of carbonyl (C=O) groups excluding carboxylic acids is 1. The van der Waals surface area contributed by atoms with E-state index in [1.807, 2.05) is 43.3 Å². The Kier molecular flexibility index (Phi) is 5.41. The summed E-state index contributed by atoms with van der Waals surface area (Å²) in [7, 11) is 0. The van der Waals surface area contributed by atoms with E-state index in [1.165, 1.54) is 0 Å². The molecule has 4 bridgehead atoms. The number of ether oxygens (including phenoxy) is 2. The molecule has 2 aromatic heterocycles. The molecule has 2 aliphatic heterocycles. The fraction of sp³-hybridized carbons (Fsp3) is 0.375. The minimum Gasteiger partial charge on any atom is -0.475 e. The number of benzene rings is 1. The zero-order valence-electron chi connectivity index (χ0n) is 18.2. The summed E-state index contributed by atoms with van der Waals surface area (Å²) in [4.78, 5) is 19.5. The summed E-state index contributed by atoms with van der Waals surface area (Å²) in [6.45, 7) is 5.76. The zero-order chi connectivity index (χ0) is 22.1. The number of fused-ring (bicyclic) bond motifs is 5. The van der Waals surface area contributed by atoms with Crippen LogP contribution in [0.2, 0.25) is 0 Å². The lowest BCUT2D eigenvalue weighted by atomic mass is 10.0. The molecule has 1 saturated heterocycles. The number of aromatic nitrogens is 3. The van der Waals surface area contributed by atoms with E-state index in [4.69, 9.17) is 14.5 Å². The molecular weight excluding hydrogens is 406 g/mol. The van der Waals surface area contributed by atoms with Crippen LogP contribution in [0.4, 0.5) is 5.69 Å². The van der Waals surface area contributed by atoms with Crippen molar-refractivity contribution < 1.29 is 14.3 Å². The first-order valence-corrected chi connectivity index (χ1v) is 10.9. The van der Waals surface area contributed by atoms with Gasteiger partial charge in [0.05, 0.1) is 12.2 Å². The van der Waals surface area contributed by atoms with Crippen molar-refractivity contribution in [1.29, 1.82) is 0 Å². The number of anilines is 1. The fourth-order valence-electron chi connectivity index (χ4n) is 4.37. The van der Waals surface area contributed by atoms with Gasteiger partial charge in [0.2, 0.25) is 5.88 Å². The molecule has 0 unspecified atom stereocenters. The van der Waals surface area contributed by atoms with E-state index in [-0.39, 0.29) is 11.9 Å². The standard InChI is InChI=1S/C24H25N5O3/c1-3-5-16-10-17-12-18(11-16)25-7-9-28-19(13-21(24(28)30)31-4-2)15-32-22-6-8-29-23(27-22)20(17)14-26-29/h6,8,10-12,14,19,21,25H,4,7,9,13,15H2,1-2H3/t19-,21+/m0/s1. The van der Waals surface area contributed by atoms with Crippen LogP contribution >= 0.6 is 0 Å². The third-order valence-corrected chi connectivity index (χ3v) is 5.82. The molecule has 2 aliphatic rings. The smallest absolute Gasteiger partial charge is 0.252 e. The molecule has 0 saturated carbocycles. The Morgan fingerprint density at radius 3 is 3.09 bits per heavy atom. The highest BCUT2D eigenvalue weighted by molar-refractivity contribution is 5.84. The first-order chi connectivity index (χ1) is 15.7. The summed E-state index contributed by atoms with van der Waals surface area (Å²) in [5.74, 6) is 6.63. The van der Waals surface area contributed by atoms with Crippen LogP contribution < -0.4 is 10.1 Å². The number of hydrogen-bond donors (Lipinski definition) is 1. The van der Waals surface area contributed by atoms with Gasteiger partial charge in [0.25, 0.3) is 5.91 Å². The Morgan fingerprint density at radius 1 is 1.34 bits per heavy atom. The average Bonchev–Trinajstić information content (AvgIpc) is 3.34. The third kappa shape index (κ3) is 3.76. The van der Waals surface area contributed by atoms with Crippen molar-refractivity contribution in [2.75, 3.05) is 31.6 Å². The average molecular weight is 431 g/mol. The van der Waals surface area contributed by atoms with Crippen LogP contribution in [0.5, 0.6) is 5.88 Å². The molecule has 0 radical (unpaired) electrons. The van der Waals surface area contributed by atoms with Crippen molar-refractivity contribution in [3.05, 3.63) is 42.2 Å². The molecular formula is C24H25N5O3. The third-order valence-electron chi connectivity index (χ3n) is 5.82. The van der Waals surface area contributed by atoms with Crippen LogP contribution in [0.25, 0.3) is 16.8 Å². The van der Waals surface area contributed by atoms with Gasteiger partial charge in [0, 0.05) is 55.2 Å². The SMILES string of the molecule is CC#Cc1cc2cc(c1)-c1cnn3ccc(nc13)OC[C@@H]1C[C@@H](OCC)C(=O)N1CCN2. The molecule has 164 valence electrons. The van der Waals surface area contributed by atoms with E-state index in [1.54, 1.807) is 10.6 Å². The number of rotatable bonds is 2. The van der Waals surface area contributed by atoms with E-state index >= 15 is 0 Å². The second-order valence-electron chi connectivity index (χ2n) is 7.87. The molecule has 0 aliphatic carbocycles. The molecule has 4 heterocycles. The predicted molar refractivity (Wildman–Crippen MR) is 120 cm³/mol. The van der Waals surface area contributed by atoms with Crippen molar-refractivity contribution in [3.8, 4) is 28.8 Å². The van der Waals surface area contributed by atoms with E-state index in [9.17, 15) is 4.79 Å². The summed E-state index contributed by atoms with van der Waals surface area (Å²) in [5, 5.41) is 7.90. The maximum atomic E-state index is 12.9. The van der Waals surface area contributed by atoms with Crippen LogP contribution in [0.3, 0.4) is 0 Å². The number of hydrogen-bond acceptors (Lipinski definition) is 6. The second kappa shape index (κ2) is 8.52. The second-order valence-corrected chi connectivity index (χ2v) is 7.87. The minimum absolute atomic E-state index is 0.0159. The predicted octanol–water partition coefficient (Wildman–Crippen LogP) is 2.58. The number of nitrogens with zero attached hydrogens (tertiary/aromatic N) is 4. The van der Waals surface area contributed by atoms with Gasteiger partial charge in [-0.15, -0.1) is 5.92 Å². The lowest BCUT2D eigenvalue weighted by molar-refractivity contribution is -0.137. The van der Waals surface area contributed by atoms with Crippen LogP contribution in [-0.4, -0.2) is 63.9 Å². The molecule has 0 spiro atoms. The summed E-state index contributed by atoms with van der Waals surface area (Å²) >= 11 is 0.